The highest BCUT2D eigenvalue weighted by Gasteiger charge is 2.20. The average Bonchev–Trinajstić information content (AvgIpc) is 3.32. The summed E-state index contributed by atoms with van der Waals surface area (Å²) < 4.78 is 10.7. The minimum Gasteiger partial charge on any atom is -0.383 e. The topological polar surface area (TPSA) is 58.1 Å². The van der Waals surface area contributed by atoms with Crippen molar-refractivity contribution in [3.63, 3.8) is 0 Å². The molecule has 0 bridgehead atoms. The lowest BCUT2D eigenvalue weighted by Gasteiger charge is -2.17. The Kier molecular flexibility index (Phi) is 11.1. The molecule has 1 rings (SSSR count). The maximum Gasteiger partial charge on any atom is 0.191 e. The molecule has 0 spiro atoms. The second kappa shape index (κ2) is 12.7. The lowest BCUT2D eigenvalue weighted by Crippen LogP contribution is -2.41. The molecule has 1 fully saturated rings. The van der Waals surface area contributed by atoms with Crippen molar-refractivity contribution >= 4 is 5.96 Å². The van der Waals surface area contributed by atoms with Gasteiger partial charge < -0.3 is 25.0 Å². The third-order valence-corrected chi connectivity index (χ3v) is 3.57. The van der Waals surface area contributed by atoms with E-state index in [1.54, 1.807) is 7.11 Å². The Morgan fingerprint density at radius 2 is 2.05 bits per heavy atom. The Labute approximate surface area is 135 Å². The first-order chi connectivity index (χ1) is 10.8. The van der Waals surface area contributed by atoms with Crippen LogP contribution < -0.4 is 10.6 Å². The summed E-state index contributed by atoms with van der Waals surface area (Å²) in [5.41, 5.74) is 0. The summed E-state index contributed by atoms with van der Waals surface area (Å²) in [6.07, 6.45) is 3.69. The highest BCUT2D eigenvalue weighted by molar-refractivity contribution is 5.79. The Morgan fingerprint density at radius 1 is 1.23 bits per heavy atom. The van der Waals surface area contributed by atoms with Crippen molar-refractivity contribution in [3.05, 3.63) is 0 Å². The van der Waals surface area contributed by atoms with E-state index in [9.17, 15) is 0 Å². The molecule has 130 valence electrons. The normalized spacial score (nSPS) is 15.4. The molecule has 0 aromatic carbocycles. The van der Waals surface area contributed by atoms with E-state index in [0.29, 0.717) is 0 Å². The van der Waals surface area contributed by atoms with Gasteiger partial charge in [-0.05, 0) is 39.2 Å². The third-order valence-electron chi connectivity index (χ3n) is 3.57. The summed E-state index contributed by atoms with van der Waals surface area (Å²) in [4.78, 5) is 6.82. The maximum atomic E-state index is 5.62. The van der Waals surface area contributed by atoms with E-state index in [0.717, 1.165) is 70.8 Å². The summed E-state index contributed by atoms with van der Waals surface area (Å²) in [5.74, 6) is 1.74. The SMILES string of the molecule is CCNC(=NCCCOCC1CC1)NCCN(C)CCOC. The van der Waals surface area contributed by atoms with Crippen molar-refractivity contribution in [1.29, 1.82) is 0 Å². The molecule has 22 heavy (non-hydrogen) atoms. The summed E-state index contributed by atoms with van der Waals surface area (Å²) in [6.45, 7) is 9.09. The van der Waals surface area contributed by atoms with Gasteiger partial charge in [-0.15, -0.1) is 0 Å². The van der Waals surface area contributed by atoms with Crippen LogP contribution in [0.1, 0.15) is 26.2 Å². The van der Waals surface area contributed by atoms with Gasteiger partial charge in [0.2, 0.25) is 0 Å². The van der Waals surface area contributed by atoms with Crippen LogP contribution in [0.2, 0.25) is 0 Å². The molecule has 2 N–H and O–H groups in total. The number of hydrogen-bond donors (Lipinski definition) is 2. The van der Waals surface area contributed by atoms with Gasteiger partial charge >= 0.3 is 0 Å². The molecule has 6 nitrogen and oxygen atoms in total. The molecule has 0 atom stereocenters. The van der Waals surface area contributed by atoms with Gasteiger partial charge in [-0.1, -0.05) is 0 Å². The van der Waals surface area contributed by atoms with E-state index in [1.165, 1.54) is 12.8 Å². The number of hydrogen-bond acceptors (Lipinski definition) is 4. The van der Waals surface area contributed by atoms with Gasteiger partial charge in [0, 0.05) is 53.0 Å². The van der Waals surface area contributed by atoms with Gasteiger partial charge in [-0.25, -0.2) is 0 Å². The van der Waals surface area contributed by atoms with Crippen LogP contribution in [0.25, 0.3) is 0 Å². The van der Waals surface area contributed by atoms with Crippen molar-refractivity contribution in [2.75, 3.05) is 66.7 Å². The lowest BCUT2D eigenvalue weighted by molar-refractivity contribution is 0.123. The number of nitrogens with one attached hydrogen (secondary N) is 2. The van der Waals surface area contributed by atoms with Gasteiger partial charge in [0.25, 0.3) is 0 Å². The summed E-state index contributed by atoms with van der Waals surface area (Å²) in [6, 6.07) is 0. The zero-order valence-corrected chi connectivity index (χ0v) is 14.6. The number of rotatable bonds is 13. The smallest absolute Gasteiger partial charge is 0.191 e. The molecule has 0 unspecified atom stereocenters. The highest BCUT2D eigenvalue weighted by atomic mass is 16.5. The monoisotopic (exact) mass is 314 g/mol. The fourth-order valence-corrected chi connectivity index (χ4v) is 1.96. The first-order valence-corrected chi connectivity index (χ1v) is 8.53. The zero-order chi connectivity index (χ0) is 16.0. The van der Waals surface area contributed by atoms with Crippen molar-refractivity contribution < 1.29 is 9.47 Å². The number of nitrogens with zero attached hydrogens (tertiary/aromatic N) is 2. The molecule has 0 radical (unpaired) electrons. The molecule has 6 heteroatoms. The molecular formula is C16H34N4O2. The van der Waals surface area contributed by atoms with Gasteiger partial charge in [-0.3, -0.25) is 4.99 Å². The minimum absolute atomic E-state index is 0.769. The Hall–Kier alpha value is -0.850. The van der Waals surface area contributed by atoms with Gasteiger partial charge in [-0.2, -0.15) is 0 Å². The second-order valence-electron chi connectivity index (χ2n) is 5.86. The number of likely N-dealkylation sites (N-methyl/N-ethyl adjacent to an activating group) is 1. The van der Waals surface area contributed by atoms with Crippen molar-refractivity contribution in [3.8, 4) is 0 Å². The van der Waals surface area contributed by atoms with Crippen LogP contribution in [-0.4, -0.2) is 77.6 Å². The largest absolute Gasteiger partial charge is 0.383 e. The third kappa shape index (κ3) is 10.8. The number of guanidine groups is 1. The number of aliphatic imine (C=N–C) groups is 1. The minimum atomic E-state index is 0.769. The van der Waals surface area contributed by atoms with Crippen LogP contribution in [0.15, 0.2) is 4.99 Å². The standard InChI is InChI=1S/C16H34N4O2/c1-4-17-16(19-9-10-20(2)11-13-21-3)18-8-5-12-22-14-15-6-7-15/h15H,4-14H2,1-3H3,(H2,17,18,19). The Balaban J connectivity index is 2.06. The molecule has 0 aliphatic heterocycles. The molecule has 1 aliphatic carbocycles. The molecule has 1 saturated carbocycles. The first-order valence-electron chi connectivity index (χ1n) is 8.53. The fourth-order valence-electron chi connectivity index (χ4n) is 1.96. The Morgan fingerprint density at radius 3 is 2.73 bits per heavy atom. The predicted octanol–water partition coefficient (Wildman–Crippen LogP) is 0.936. The molecule has 0 saturated heterocycles. The fraction of sp³-hybridized carbons (Fsp3) is 0.938. The van der Waals surface area contributed by atoms with Crippen molar-refractivity contribution in [2.24, 2.45) is 10.9 Å². The maximum absolute atomic E-state index is 5.62. The number of methoxy groups -OCH3 is 1. The van der Waals surface area contributed by atoms with E-state index in [1.807, 2.05) is 0 Å². The van der Waals surface area contributed by atoms with Gasteiger partial charge in [0.1, 0.15) is 0 Å². The van der Waals surface area contributed by atoms with E-state index in [4.69, 9.17) is 9.47 Å². The Bertz CT molecular complexity index is 296. The van der Waals surface area contributed by atoms with Crippen LogP contribution >= 0.6 is 0 Å². The average molecular weight is 314 g/mol. The van der Waals surface area contributed by atoms with E-state index < -0.39 is 0 Å². The zero-order valence-electron chi connectivity index (χ0n) is 14.6. The van der Waals surface area contributed by atoms with Crippen LogP contribution in [-0.2, 0) is 9.47 Å². The second-order valence-corrected chi connectivity index (χ2v) is 5.86. The van der Waals surface area contributed by atoms with E-state index in [-0.39, 0.29) is 0 Å². The van der Waals surface area contributed by atoms with Crippen LogP contribution in [0, 0.1) is 5.92 Å². The molecule has 0 aromatic heterocycles. The van der Waals surface area contributed by atoms with Crippen LogP contribution in [0.4, 0.5) is 0 Å². The number of ether oxygens (including phenoxy) is 2. The van der Waals surface area contributed by atoms with Crippen molar-refractivity contribution in [2.45, 2.75) is 26.2 Å². The predicted molar refractivity (Wildman–Crippen MR) is 91.5 cm³/mol. The molecule has 0 amide bonds. The van der Waals surface area contributed by atoms with E-state index >= 15 is 0 Å². The molecule has 1 aliphatic rings. The summed E-state index contributed by atoms with van der Waals surface area (Å²) >= 11 is 0. The van der Waals surface area contributed by atoms with Crippen LogP contribution in [0.3, 0.4) is 0 Å². The van der Waals surface area contributed by atoms with Gasteiger partial charge in [0.15, 0.2) is 5.96 Å². The molecular weight excluding hydrogens is 280 g/mol. The van der Waals surface area contributed by atoms with Crippen LogP contribution in [0.5, 0.6) is 0 Å². The van der Waals surface area contributed by atoms with Gasteiger partial charge in [0.05, 0.1) is 6.61 Å². The quantitative estimate of drug-likeness (QED) is 0.301. The highest BCUT2D eigenvalue weighted by Crippen LogP contribution is 2.28. The molecule has 0 aromatic rings. The lowest BCUT2D eigenvalue weighted by atomic mass is 10.4. The summed E-state index contributed by atoms with van der Waals surface area (Å²) in [5, 5.41) is 6.64. The van der Waals surface area contributed by atoms with Crippen molar-refractivity contribution in [1.82, 2.24) is 15.5 Å². The van der Waals surface area contributed by atoms with E-state index in [2.05, 4.69) is 34.5 Å². The first kappa shape index (κ1) is 19.2. The molecule has 0 heterocycles. The summed E-state index contributed by atoms with van der Waals surface area (Å²) in [7, 11) is 3.83.